The molecule has 2 N–H and O–H groups in total. The number of rotatable bonds is 3. The summed E-state index contributed by atoms with van der Waals surface area (Å²) in [7, 11) is 0. The number of amides is 1. The molecule has 6 heteroatoms. The number of aliphatic hydroxyl groups excluding tert-OH is 2. The molecule has 0 aromatic heterocycles. The Labute approximate surface area is 121 Å². The zero-order valence-corrected chi connectivity index (χ0v) is 11.7. The molecule has 1 aliphatic heterocycles. The van der Waals surface area contributed by atoms with Crippen LogP contribution in [0.3, 0.4) is 0 Å². The monoisotopic (exact) mass is 303 g/mol. The molecule has 2 atom stereocenters. The smallest absolute Gasteiger partial charge is 0.256 e. The highest BCUT2D eigenvalue weighted by atomic mass is 35.5. The molecule has 1 aromatic rings. The SMILES string of the molecule is O=C(C(O)c1cc(Cl)cc(Cl)c1)N1CCCC1CO. The molecule has 1 heterocycles. The molecule has 0 spiro atoms. The van der Waals surface area contributed by atoms with Crippen LogP contribution in [-0.4, -0.2) is 40.2 Å². The van der Waals surface area contributed by atoms with Crippen molar-refractivity contribution in [3.8, 4) is 0 Å². The Kier molecular flexibility index (Phi) is 4.68. The number of likely N-dealkylation sites (tertiary alicyclic amines) is 1. The predicted molar refractivity (Wildman–Crippen MR) is 73.2 cm³/mol. The van der Waals surface area contributed by atoms with Crippen LogP contribution in [0.15, 0.2) is 18.2 Å². The van der Waals surface area contributed by atoms with E-state index in [-0.39, 0.29) is 12.6 Å². The van der Waals surface area contributed by atoms with E-state index in [4.69, 9.17) is 23.2 Å². The van der Waals surface area contributed by atoms with E-state index in [0.717, 1.165) is 12.8 Å². The van der Waals surface area contributed by atoms with Gasteiger partial charge in [-0.05, 0) is 36.6 Å². The second-order valence-electron chi connectivity index (χ2n) is 4.62. The van der Waals surface area contributed by atoms with Gasteiger partial charge in [-0.3, -0.25) is 4.79 Å². The van der Waals surface area contributed by atoms with Gasteiger partial charge in [0, 0.05) is 16.6 Å². The quantitative estimate of drug-likeness (QED) is 0.898. The van der Waals surface area contributed by atoms with Crippen molar-refractivity contribution in [2.75, 3.05) is 13.2 Å². The van der Waals surface area contributed by atoms with E-state index in [9.17, 15) is 15.0 Å². The van der Waals surface area contributed by atoms with E-state index in [1.807, 2.05) is 0 Å². The lowest BCUT2D eigenvalue weighted by atomic mass is 10.1. The summed E-state index contributed by atoms with van der Waals surface area (Å²) in [5.41, 5.74) is 0.367. The third kappa shape index (κ3) is 3.20. The highest BCUT2D eigenvalue weighted by Gasteiger charge is 2.32. The van der Waals surface area contributed by atoms with Crippen molar-refractivity contribution in [2.24, 2.45) is 0 Å². The van der Waals surface area contributed by atoms with Crippen LogP contribution in [0.1, 0.15) is 24.5 Å². The second kappa shape index (κ2) is 6.09. The van der Waals surface area contributed by atoms with Gasteiger partial charge in [0.25, 0.3) is 5.91 Å². The van der Waals surface area contributed by atoms with Gasteiger partial charge in [0.15, 0.2) is 6.10 Å². The average Bonchev–Trinajstić information content (AvgIpc) is 2.84. The van der Waals surface area contributed by atoms with Gasteiger partial charge in [-0.15, -0.1) is 0 Å². The third-order valence-electron chi connectivity index (χ3n) is 3.31. The van der Waals surface area contributed by atoms with Gasteiger partial charge in [-0.1, -0.05) is 23.2 Å². The number of halogens is 2. The first-order valence-corrected chi connectivity index (χ1v) is 6.84. The molecule has 4 nitrogen and oxygen atoms in total. The molecule has 0 aliphatic carbocycles. The Morgan fingerprint density at radius 3 is 2.58 bits per heavy atom. The van der Waals surface area contributed by atoms with Crippen LogP contribution in [0, 0.1) is 0 Å². The number of carbonyl (C=O) groups is 1. The number of hydrogen-bond donors (Lipinski definition) is 2. The summed E-state index contributed by atoms with van der Waals surface area (Å²) in [5, 5.41) is 20.1. The molecule has 0 saturated carbocycles. The number of hydrogen-bond acceptors (Lipinski definition) is 3. The summed E-state index contributed by atoms with van der Waals surface area (Å²) >= 11 is 11.7. The maximum atomic E-state index is 12.2. The van der Waals surface area contributed by atoms with Crippen molar-refractivity contribution >= 4 is 29.1 Å². The molecule has 0 bridgehead atoms. The van der Waals surface area contributed by atoms with E-state index in [2.05, 4.69) is 0 Å². The molecule has 2 rings (SSSR count). The average molecular weight is 304 g/mol. The van der Waals surface area contributed by atoms with Crippen molar-refractivity contribution in [1.29, 1.82) is 0 Å². The van der Waals surface area contributed by atoms with Gasteiger partial charge in [-0.2, -0.15) is 0 Å². The van der Waals surface area contributed by atoms with Gasteiger partial charge in [0.05, 0.1) is 12.6 Å². The van der Waals surface area contributed by atoms with Crippen LogP contribution in [-0.2, 0) is 4.79 Å². The normalized spacial score (nSPS) is 20.6. The summed E-state index contributed by atoms with van der Waals surface area (Å²) in [4.78, 5) is 13.7. The maximum Gasteiger partial charge on any atom is 0.256 e. The molecule has 1 fully saturated rings. The Bertz CT molecular complexity index is 461. The molecule has 0 radical (unpaired) electrons. The van der Waals surface area contributed by atoms with Gasteiger partial charge in [-0.25, -0.2) is 0 Å². The zero-order valence-electron chi connectivity index (χ0n) is 10.2. The summed E-state index contributed by atoms with van der Waals surface area (Å²) < 4.78 is 0. The van der Waals surface area contributed by atoms with Crippen molar-refractivity contribution in [3.63, 3.8) is 0 Å². The first-order valence-electron chi connectivity index (χ1n) is 6.08. The molecule has 1 aromatic carbocycles. The van der Waals surface area contributed by atoms with Crippen molar-refractivity contribution in [2.45, 2.75) is 25.0 Å². The minimum Gasteiger partial charge on any atom is -0.394 e. The number of aliphatic hydroxyl groups is 2. The first-order chi connectivity index (χ1) is 9.02. The summed E-state index contributed by atoms with van der Waals surface area (Å²) in [6.45, 7) is 0.462. The fourth-order valence-corrected chi connectivity index (χ4v) is 2.89. The van der Waals surface area contributed by atoms with Crippen LogP contribution < -0.4 is 0 Å². The Hall–Kier alpha value is -0.810. The summed E-state index contributed by atoms with van der Waals surface area (Å²) in [6, 6.07) is 4.35. The van der Waals surface area contributed by atoms with Gasteiger partial charge in [0.2, 0.25) is 0 Å². The van der Waals surface area contributed by atoms with E-state index < -0.39 is 12.0 Å². The lowest BCUT2D eigenvalue weighted by molar-refractivity contribution is -0.142. The predicted octanol–water partition coefficient (Wildman–Crippen LogP) is 2.01. The van der Waals surface area contributed by atoms with Gasteiger partial charge >= 0.3 is 0 Å². The minimum atomic E-state index is -1.30. The highest BCUT2D eigenvalue weighted by Crippen LogP contribution is 2.27. The standard InChI is InChI=1S/C13H15Cl2NO3/c14-9-4-8(5-10(15)6-9)12(18)13(19)16-3-1-2-11(16)7-17/h4-6,11-12,17-18H,1-3,7H2. The second-order valence-corrected chi connectivity index (χ2v) is 5.49. The first kappa shape index (κ1) is 14.6. The number of benzene rings is 1. The van der Waals surface area contributed by atoms with Crippen LogP contribution in [0.4, 0.5) is 0 Å². The van der Waals surface area contributed by atoms with Gasteiger partial charge in [0.1, 0.15) is 0 Å². The van der Waals surface area contributed by atoms with Crippen molar-refractivity contribution in [3.05, 3.63) is 33.8 Å². The van der Waals surface area contributed by atoms with Crippen molar-refractivity contribution in [1.82, 2.24) is 4.90 Å². The van der Waals surface area contributed by atoms with Crippen LogP contribution in [0.5, 0.6) is 0 Å². The lowest BCUT2D eigenvalue weighted by Gasteiger charge is -2.25. The largest absolute Gasteiger partial charge is 0.394 e. The Morgan fingerprint density at radius 1 is 1.37 bits per heavy atom. The van der Waals surface area contributed by atoms with E-state index in [1.165, 1.54) is 23.1 Å². The maximum absolute atomic E-state index is 12.2. The summed E-state index contributed by atoms with van der Waals surface area (Å²) in [6.07, 6.45) is 0.286. The molecule has 19 heavy (non-hydrogen) atoms. The lowest BCUT2D eigenvalue weighted by Crippen LogP contribution is -2.40. The number of nitrogens with zero attached hydrogens (tertiary/aromatic N) is 1. The van der Waals surface area contributed by atoms with Crippen molar-refractivity contribution < 1.29 is 15.0 Å². The van der Waals surface area contributed by atoms with Crippen LogP contribution >= 0.6 is 23.2 Å². The number of carbonyl (C=O) groups excluding carboxylic acids is 1. The van der Waals surface area contributed by atoms with Crippen LogP contribution in [0.2, 0.25) is 10.0 Å². The Morgan fingerprint density at radius 2 is 2.00 bits per heavy atom. The molecule has 1 amide bonds. The topological polar surface area (TPSA) is 60.8 Å². The molecular formula is C13H15Cl2NO3. The van der Waals surface area contributed by atoms with Crippen LogP contribution in [0.25, 0.3) is 0 Å². The van der Waals surface area contributed by atoms with E-state index >= 15 is 0 Å². The minimum absolute atomic E-state index is 0.0885. The fourth-order valence-electron chi connectivity index (χ4n) is 2.35. The zero-order chi connectivity index (χ0) is 14.0. The molecule has 104 valence electrons. The molecule has 1 aliphatic rings. The molecule has 1 saturated heterocycles. The fraction of sp³-hybridized carbons (Fsp3) is 0.462. The van der Waals surface area contributed by atoms with E-state index in [1.54, 1.807) is 0 Å². The molecule has 2 unspecified atom stereocenters. The van der Waals surface area contributed by atoms with E-state index in [0.29, 0.717) is 22.2 Å². The summed E-state index contributed by atoms with van der Waals surface area (Å²) in [5.74, 6) is -0.421. The third-order valence-corrected chi connectivity index (χ3v) is 3.74. The molecular weight excluding hydrogens is 289 g/mol. The highest BCUT2D eigenvalue weighted by molar-refractivity contribution is 6.34. The van der Waals surface area contributed by atoms with Gasteiger partial charge < -0.3 is 15.1 Å². The Balaban J connectivity index is 2.18.